The van der Waals surface area contributed by atoms with Crippen molar-refractivity contribution in [2.75, 3.05) is 0 Å². The van der Waals surface area contributed by atoms with E-state index >= 15 is 0 Å². The molecule has 2 rings (SSSR count). The molecule has 0 unspecified atom stereocenters. The van der Waals surface area contributed by atoms with Crippen molar-refractivity contribution in [2.24, 2.45) is 0 Å². The second-order valence-corrected chi connectivity index (χ2v) is 5.19. The van der Waals surface area contributed by atoms with Crippen molar-refractivity contribution in [3.05, 3.63) is 71.3 Å². The standard InChI is InChI=1S/C19H20O2/c1-2-3-8-15-9-7-12-17(13-15)19(21)14-18(20)16-10-5-4-6-11-16/h4-7,9-13H,2-3,8,14H2,1H3. The molecule has 0 saturated carbocycles. The molecule has 2 nitrogen and oxygen atoms in total. The Hall–Kier alpha value is -2.22. The summed E-state index contributed by atoms with van der Waals surface area (Å²) < 4.78 is 0. The van der Waals surface area contributed by atoms with E-state index in [0.29, 0.717) is 11.1 Å². The van der Waals surface area contributed by atoms with Crippen LogP contribution in [0.25, 0.3) is 0 Å². The first-order valence-electron chi connectivity index (χ1n) is 7.41. The summed E-state index contributed by atoms with van der Waals surface area (Å²) in [4.78, 5) is 24.3. The van der Waals surface area contributed by atoms with E-state index in [9.17, 15) is 9.59 Å². The molecule has 0 aromatic heterocycles. The number of Topliss-reactive ketones (excluding diaryl/α,β-unsaturated/α-hetero) is 2. The number of aryl methyl sites for hydroxylation is 1. The number of carbonyl (C=O) groups excluding carboxylic acids is 2. The van der Waals surface area contributed by atoms with Crippen LogP contribution in [0.1, 0.15) is 52.5 Å². The van der Waals surface area contributed by atoms with E-state index in [1.807, 2.05) is 36.4 Å². The highest BCUT2D eigenvalue weighted by molar-refractivity contribution is 6.13. The molecule has 0 amide bonds. The van der Waals surface area contributed by atoms with Gasteiger partial charge in [0.1, 0.15) is 0 Å². The fraction of sp³-hybridized carbons (Fsp3) is 0.263. The number of hydrogen-bond donors (Lipinski definition) is 0. The van der Waals surface area contributed by atoms with Crippen molar-refractivity contribution in [2.45, 2.75) is 32.6 Å². The number of carbonyl (C=O) groups is 2. The maximum absolute atomic E-state index is 12.2. The molecule has 0 radical (unpaired) electrons. The van der Waals surface area contributed by atoms with E-state index in [1.54, 1.807) is 18.2 Å². The van der Waals surface area contributed by atoms with E-state index in [0.717, 1.165) is 24.8 Å². The zero-order chi connectivity index (χ0) is 15.1. The number of ketones is 2. The Bertz CT molecular complexity index is 614. The molecular formula is C19H20O2. The van der Waals surface area contributed by atoms with E-state index in [4.69, 9.17) is 0 Å². The van der Waals surface area contributed by atoms with Crippen molar-refractivity contribution < 1.29 is 9.59 Å². The molecule has 0 N–H and O–H groups in total. The van der Waals surface area contributed by atoms with Gasteiger partial charge in [-0.25, -0.2) is 0 Å². The molecule has 0 saturated heterocycles. The van der Waals surface area contributed by atoms with E-state index in [2.05, 4.69) is 6.92 Å². The van der Waals surface area contributed by atoms with E-state index < -0.39 is 0 Å². The van der Waals surface area contributed by atoms with Crippen LogP contribution in [-0.4, -0.2) is 11.6 Å². The Kier molecular flexibility index (Phi) is 5.44. The molecular weight excluding hydrogens is 260 g/mol. The maximum Gasteiger partial charge on any atom is 0.170 e. The fourth-order valence-electron chi connectivity index (χ4n) is 2.26. The summed E-state index contributed by atoms with van der Waals surface area (Å²) in [6.45, 7) is 2.15. The smallest absolute Gasteiger partial charge is 0.170 e. The van der Waals surface area contributed by atoms with Crippen LogP contribution >= 0.6 is 0 Å². The maximum atomic E-state index is 12.2. The summed E-state index contributed by atoms with van der Waals surface area (Å²) in [5.74, 6) is -0.234. The molecule has 2 aromatic rings. The fourth-order valence-corrected chi connectivity index (χ4v) is 2.26. The highest BCUT2D eigenvalue weighted by Gasteiger charge is 2.13. The van der Waals surface area contributed by atoms with Gasteiger partial charge >= 0.3 is 0 Å². The van der Waals surface area contributed by atoms with Gasteiger partial charge in [-0.2, -0.15) is 0 Å². The molecule has 0 aliphatic carbocycles. The van der Waals surface area contributed by atoms with Crippen LogP contribution in [0.5, 0.6) is 0 Å². The second kappa shape index (κ2) is 7.53. The van der Waals surface area contributed by atoms with Crippen LogP contribution in [0, 0.1) is 0 Å². The Morgan fingerprint density at radius 1 is 0.857 bits per heavy atom. The highest BCUT2D eigenvalue weighted by Crippen LogP contribution is 2.12. The lowest BCUT2D eigenvalue weighted by molar-refractivity contribution is 0.0894. The van der Waals surface area contributed by atoms with Crippen LogP contribution < -0.4 is 0 Å². The van der Waals surface area contributed by atoms with Crippen LogP contribution in [0.3, 0.4) is 0 Å². The number of rotatable bonds is 7. The van der Waals surface area contributed by atoms with E-state index in [1.165, 1.54) is 0 Å². The minimum atomic E-state index is -0.125. The van der Waals surface area contributed by atoms with Crippen molar-refractivity contribution in [3.8, 4) is 0 Å². The molecule has 0 aliphatic heterocycles. The van der Waals surface area contributed by atoms with Gasteiger partial charge in [0.05, 0.1) is 6.42 Å². The molecule has 2 heteroatoms. The van der Waals surface area contributed by atoms with Crippen LogP contribution in [0.4, 0.5) is 0 Å². The lowest BCUT2D eigenvalue weighted by Gasteiger charge is -2.04. The number of unbranched alkanes of at least 4 members (excludes halogenated alkanes) is 1. The van der Waals surface area contributed by atoms with Gasteiger partial charge in [-0.15, -0.1) is 0 Å². The summed E-state index contributed by atoms with van der Waals surface area (Å²) in [7, 11) is 0. The van der Waals surface area contributed by atoms with Gasteiger partial charge in [-0.1, -0.05) is 61.9 Å². The Morgan fingerprint density at radius 2 is 1.52 bits per heavy atom. The normalized spacial score (nSPS) is 10.3. The molecule has 0 fully saturated rings. The molecule has 0 spiro atoms. The van der Waals surface area contributed by atoms with Crippen molar-refractivity contribution >= 4 is 11.6 Å². The number of benzene rings is 2. The highest BCUT2D eigenvalue weighted by atomic mass is 16.1. The molecule has 21 heavy (non-hydrogen) atoms. The molecule has 0 heterocycles. The zero-order valence-corrected chi connectivity index (χ0v) is 12.3. The van der Waals surface area contributed by atoms with Crippen molar-refractivity contribution in [1.82, 2.24) is 0 Å². The monoisotopic (exact) mass is 280 g/mol. The third-order valence-corrected chi connectivity index (χ3v) is 3.48. The van der Waals surface area contributed by atoms with Gasteiger partial charge in [0.2, 0.25) is 0 Å². The van der Waals surface area contributed by atoms with Gasteiger partial charge in [0, 0.05) is 11.1 Å². The van der Waals surface area contributed by atoms with Crippen LogP contribution in [-0.2, 0) is 6.42 Å². The summed E-state index contributed by atoms with van der Waals surface area (Å²) in [6, 6.07) is 16.6. The van der Waals surface area contributed by atoms with Gasteiger partial charge in [0.25, 0.3) is 0 Å². The lowest BCUT2D eigenvalue weighted by atomic mass is 9.99. The largest absolute Gasteiger partial charge is 0.294 e. The number of hydrogen-bond acceptors (Lipinski definition) is 2. The Balaban J connectivity index is 2.05. The summed E-state index contributed by atoms with van der Waals surface area (Å²) in [6.07, 6.45) is 3.15. The summed E-state index contributed by atoms with van der Waals surface area (Å²) >= 11 is 0. The quantitative estimate of drug-likeness (QED) is 0.553. The predicted octanol–water partition coefficient (Wildman–Crippen LogP) is 4.48. The van der Waals surface area contributed by atoms with Gasteiger partial charge in [-0.05, 0) is 24.5 Å². The minimum absolute atomic E-state index is 0.0682. The van der Waals surface area contributed by atoms with Gasteiger partial charge in [-0.3, -0.25) is 9.59 Å². The lowest BCUT2D eigenvalue weighted by Crippen LogP contribution is -2.08. The van der Waals surface area contributed by atoms with Gasteiger partial charge < -0.3 is 0 Å². The predicted molar refractivity (Wildman–Crippen MR) is 84.8 cm³/mol. The topological polar surface area (TPSA) is 34.1 Å². The van der Waals surface area contributed by atoms with E-state index in [-0.39, 0.29) is 18.0 Å². The molecule has 0 aliphatic rings. The van der Waals surface area contributed by atoms with Crippen molar-refractivity contribution in [1.29, 1.82) is 0 Å². The van der Waals surface area contributed by atoms with Gasteiger partial charge in [0.15, 0.2) is 11.6 Å². The molecule has 2 aromatic carbocycles. The minimum Gasteiger partial charge on any atom is -0.294 e. The van der Waals surface area contributed by atoms with Crippen LogP contribution in [0.15, 0.2) is 54.6 Å². The molecule has 108 valence electrons. The zero-order valence-electron chi connectivity index (χ0n) is 12.3. The summed E-state index contributed by atoms with van der Waals surface area (Å²) in [5.41, 5.74) is 2.38. The average molecular weight is 280 g/mol. The SMILES string of the molecule is CCCCc1cccc(C(=O)CC(=O)c2ccccc2)c1. The summed E-state index contributed by atoms with van der Waals surface area (Å²) in [5, 5.41) is 0. The third kappa shape index (κ3) is 4.38. The first-order chi connectivity index (χ1) is 10.2. The average Bonchev–Trinajstić information content (AvgIpc) is 2.54. The first-order valence-corrected chi connectivity index (χ1v) is 7.41. The third-order valence-electron chi connectivity index (χ3n) is 3.48. The second-order valence-electron chi connectivity index (χ2n) is 5.19. The molecule has 0 bridgehead atoms. The first kappa shape index (κ1) is 15.2. The Morgan fingerprint density at radius 3 is 2.24 bits per heavy atom. The van der Waals surface area contributed by atoms with Crippen molar-refractivity contribution in [3.63, 3.8) is 0 Å². The Labute approximate surface area is 125 Å². The molecule has 0 atom stereocenters. The van der Waals surface area contributed by atoms with Crippen LogP contribution in [0.2, 0.25) is 0 Å².